The van der Waals surface area contributed by atoms with E-state index in [1.165, 1.54) is 11.3 Å². The lowest BCUT2D eigenvalue weighted by Crippen LogP contribution is -2.23. The Morgan fingerprint density at radius 3 is 3.15 bits per heavy atom. The van der Waals surface area contributed by atoms with Gasteiger partial charge in [-0.15, -0.1) is 0 Å². The third-order valence-electron chi connectivity index (χ3n) is 1.53. The zero-order valence-electron chi connectivity index (χ0n) is 7.12. The second kappa shape index (κ2) is 5.33. The molecule has 3 nitrogen and oxygen atoms in total. The molecule has 0 fully saturated rings. The second-order valence-corrected chi connectivity index (χ2v) is 3.31. The predicted molar refractivity (Wildman–Crippen MR) is 51.5 cm³/mol. The van der Waals surface area contributed by atoms with Crippen molar-refractivity contribution in [1.29, 1.82) is 5.26 Å². The summed E-state index contributed by atoms with van der Waals surface area (Å²) in [5.74, 6) is -0.0563. The Hall–Kier alpha value is -1.34. The number of amides is 1. The highest BCUT2D eigenvalue weighted by atomic mass is 32.1. The van der Waals surface area contributed by atoms with Crippen molar-refractivity contribution in [1.82, 2.24) is 5.32 Å². The van der Waals surface area contributed by atoms with Gasteiger partial charge in [-0.1, -0.05) is 0 Å². The Labute approximate surface area is 81.0 Å². The summed E-state index contributed by atoms with van der Waals surface area (Å²) in [6, 6.07) is 3.81. The molecule has 0 bridgehead atoms. The largest absolute Gasteiger partial charge is 0.352 e. The fraction of sp³-hybridized carbons (Fsp3) is 0.333. The molecular weight excluding hydrogens is 184 g/mol. The number of nitrogens with one attached hydrogen (secondary N) is 1. The fourth-order valence-corrected chi connectivity index (χ4v) is 1.50. The lowest BCUT2D eigenvalue weighted by Gasteiger charge is -2.00. The highest BCUT2D eigenvalue weighted by Gasteiger charge is 2.03. The first kappa shape index (κ1) is 9.75. The number of carbonyl (C=O) groups excluding carboxylic acids is 1. The molecule has 0 unspecified atom stereocenters. The molecule has 0 atom stereocenters. The average Bonchev–Trinajstić information content (AvgIpc) is 2.65. The van der Waals surface area contributed by atoms with Gasteiger partial charge in [0.2, 0.25) is 0 Å². The van der Waals surface area contributed by atoms with Crippen LogP contribution in [0.1, 0.15) is 23.2 Å². The molecule has 4 heteroatoms. The molecule has 0 saturated carbocycles. The van der Waals surface area contributed by atoms with Gasteiger partial charge in [-0.2, -0.15) is 16.6 Å². The fourth-order valence-electron chi connectivity index (χ4n) is 0.865. The van der Waals surface area contributed by atoms with Crippen molar-refractivity contribution in [2.75, 3.05) is 6.54 Å². The van der Waals surface area contributed by atoms with Gasteiger partial charge >= 0.3 is 0 Å². The van der Waals surface area contributed by atoms with Crippen molar-refractivity contribution in [2.45, 2.75) is 12.8 Å². The molecule has 0 aliphatic carbocycles. The molecule has 68 valence electrons. The molecule has 1 rings (SSSR count). The van der Waals surface area contributed by atoms with Crippen LogP contribution in [0.2, 0.25) is 0 Å². The monoisotopic (exact) mass is 194 g/mol. The summed E-state index contributed by atoms with van der Waals surface area (Å²) in [5, 5.41) is 14.7. The van der Waals surface area contributed by atoms with Crippen LogP contribution < -0.4 is 5.32 Å². The third-order valence-corrected chi connectivity index (χ3v) is 2.22. The Morgan fingerprint density at radius 1 is 1.69 bits per heavy atom. The van der Waals surface area contributed by atoms with E-state index in [0.717, 1.165) is 0 Å². The molecule has 1 aromatic heterocycles. The highest BCUT2D eigenvalue weighted by Crippen LogP contribution is 2.05. The normalized spacial score (nSPS) is 9.15. The first-order valence-electron chi connectivity index (χ1n) is 4.02. The highest BCUT2D eigenvalue weighted by molar-refractivity contribution is 7.08. The predicted octanol–water partition coefficient (Wildman–Crippen LogP) is 1.78. The van der Waals surface area contributed by atoms with E-state index in [9.17, 15) is 4.79 Å². The molecular formula is C9H10N2OS. The topological polar surface area (TPSA) is 52.9 Å². The van der Waals surface area contributed by atoms with Crippen molar-refractivity contribution >= 4 is 17.2 Å². The van der Waals surface area contributed by atoms with Crippen LogP contribution in [-0.2, 0) is 0 Å². The summed E-state index contributed by atoms with van der Waals surface area (Å²) in [6.45, 7) is 0.572. The van der Waals surface area contributed by atoms with Gasteiger partial charge in [-0.25, -0.2) is 0 Å². The van der Waals surface area contributed by atoms with E-state index < -0.39 is 0 Å². The minimum Gasteiger partial charge on any atom is -0.352 e. The van der Waals surface area contributed by atoms with E-state index in [0.29, 0.717) is 24.9 Å². The summed E-state index contributed by atoms with van der Waals surface area (Å²) < 4.78 is 0. The summed E-state index contributed by atoms with van der Waals surface area (Å²) in [6.07, 6.45) is 1.20. The Morgan fingerprint density at radius 2 is 2.54 bits per heavy atom. The number of nitrogens with zero attached hydrogens (tertiary/aromatic N) is 1. The molecule has 0 aliphatic rings. The maximum absolute atomic E-state index is 11.3. The first-order valence-corrected chi connectivity index (χ1v) is 4.96. The quantitative estimate of drug-likeness (QED) is 0.743. The maximum Gasteiger partial charge on any atom is 0.252 e. The summed E-state index contributed by atoms with van der Waals surface area (Å²) in [5.41, 5.74) is 0.696. The van der Waals surface area contributed by atoms with E-state index in [1.54, 1.807) is 11.4 Å². The van der Waals surface area contributed by atoms with Crippen LogP contribution >= 0.6 is 11.3 Å². The van der Waals surface area contributed by atoms with E-state index in [-0.39, 0.29) is 5.91 Å². The zero-order chi connectivity index (χ0) is 9.52. The molecule has 0 saturated heterocycles. The summed E-state index contributed by atoms with van der Waals surface area (Å²) >= 11 is 1.50. The zero-order valence-corrected chi connectivity index (χ0v) is 7.93. The van der Waals surface area contributed by atoms with Gasteiger partial charge in [-0.05, 0) is 17.9 Å². The number of hydrogen-bond acceptors (Lipinski definition) is 3. The van der Waals surface area contributed by atoms with Crippen molar-refractivity contribution in [3.05, 3.63) is 22.4 Å². The van der Waals surface area contributed by atoms with Crippen molar-refractivity contribution in [3.8, 4) is 6.07 Å². The van der Waals surface area contributed by atoms with Crippen LogP contribution in [-0.4, -0.2) is 12.5 Å². The lowest BCUT2D eigenvalue weighted by molar-refractivity contribution is 0.0954. The lowest BCUT2D eigenvalue weighted by atomic mass is 10.3. The van der Waals surface area contributed by atoms with E-state index in [4.69, 9.17) is 5.26 Å². The number of thiophene rings is 1. The van der Waals surface area contributed by atoms with Crippen LogP contribution in [0.25, 0.3) is 0 Å². The van der Waals surface area contributed by atoms with Gasteiger partial charge < -0.3 is 5.32 Å². The molecule has 0 spiro atoms. The van der Waals surface area contributed by atoms with E-state index >= 15 is 0 Å². The van der Waals surface area contributed by atoms with Crippen LogP contribution in [0.5, 0.6) is 0 Å². The Balaban J connectivity index is 2.24. The molecule has 1 aromatic rings. The molecule has 1 N–H and O–H groups in total. The number of nitriles is 1. The average molecular weight is 194 g/mol. The van der Waals surface area contributed by atoms with Crippen LogP contribution in [0.3, 0.4) is 0 Å². The Kier molecular flexibility index (Phi) is 4.00. The van der Waals surface area contributed by atoms with Crippen LogP contribution in [0.4, 0.5) is 0 Å². The van der Waals surface area contributed by atoms with Gasteiger partial charge in [0.05, 0.1) is 6.07 Å². The number of carbonyl (C=O) groups is 1. The van der Waals surface area contributed by atoms with Gasteiger partial charge in [-0.3, -0.25) is 4.79 Å². The van der Waals surface area contributed by atoms with E-state index in [2.05, 4.69) is 5.32 Å². The minimum absolute atomic E-state index is 0.0563. The molecule has 0 aliphatic heterocycles. The SMILES string of the molecule is N#CCCCNC(=O)c1ccsc1. The molecule has 1 heterocycles. The van der Waals surface area contributed by atoms with Crippen LogP contribution in [0, 0.1) is 11.3 Å². The Bertz CT molecular complexity index is 300. The number of unbranched alkanes of at least 4 members (excludes halogenated alkanes) is 1. The van der Waals surface area contributed by atoms with Gasteiger partial charge in [0.15, 0.2) is 0 Å². The van der Waals surface area contributed by atoms with Gasteiger partial charge in [0.1, 0.15) is 0 Å². The summed E-state index contributed by atoms with van der Waals surface area (Å²) in [4.78, 5) is 11.3. The molecule has 0 aromatic carbocycles. The van der Waals surface area contributed by atoms with Gasteiger partial charge in [0.25, 0.3) is 5.91 Å². The third kappa shape index (κ3) is 3.26. The first-order chi connectivity index (χ1) is 6.34. The molecule has 1 amide bonds. The maximum atomic E-state index is 11.3. The molecule has 0 radical (unpaired) electrons. The minimum atomic E-state index is -0.0563. The molecule has 13 heavy (non-hydrogen) atoms. The van der Waals surface area contributed by atoms with E-state index in [1.807, 2.05) is 11.4 Å². The summed E-state index contributed by atoms with van der Waals surface area (Å²) in [7, 11) is 0. The van der Waals surface area contributed by atoms with Crippen LogP contribution in [0.15, 0.2) is 16.8 Å². The standard InChI is InChI=1S/C9H10N2OS/c10-4-1-2-5-11-9(12)8-3-6-13-7-8/h3,6-7H,1-2,5H2,(H,11,12). The van der Waals surface area contributed by atoms with Crippen molar-refractivity contribution in [3.63, 3.8) is 0 Å². The van der Waals surface area contributed by atoms with Crippen molar-refractivity contribution in [2.24, 2.45) is 0 Å². The number of hydrogen-bond donors (Lipinski definition) is 1. The number of rotatable bonds is 4. The van der Waals surface area contributed by atoms with Crippen molar-refractivity contribution < 1.29 is 4.79 Å². The van der Waals surface area contributed by atoms with Gasteiger partial charge in [0, 0.05) is 23.9 Å². The smallest absolute Gasteiger partial charge is 0.252 e. The second-order valence-electron chi connectivity index (χ2n) is 2.53.